The largest absolute Gasteiger partial charge is 0.507 e. The van der Waals surface area contributed by atoms with Crippen molar-refractivity contribution < 1.29 is 9.50 Å². The van der Waals surface area contributed by atoms with Gasteiger partial charge in [-0.05, 0) is 46.6 Å². The second kappa shape index (κ2) is 7.75. The van der Waals surface area contributed by atoms with Crippen molar-refractivity contribution in [2.45, 2.75) is 57.7 Å². The van der Waals surface area contributed by atoms with Crippen molar-refractivity contribution in [1.29, 1.82) is 0 Å². The van der Waals surface area contributed by atoms with Gasteiger partial charge in [-0.15, -0.1) is 0 Å². The Hall–Kier alpha value is -2.56. The van der Waals surface area contributed by atoms with Crippen molar-refractivity contribution in [3.63, 3.8) is 0 Å². The summed E-state index contributed by atoms with van der Waals surface area (Å²) < 4.78 is 14.1. The van der Waals surface area contributed by atoms with Gasteiger partial charge in [-0.1, -0.05) is 22.7 Å². The fourth-order valence-electron chi connectivity index (χ4n) is 5.03. The van der Waals surface area contributed by atoms with E-state index in [2.05, 4.69) is 55.2 Å². The van der Waals surface area contributed by atoms with Crippen LogP contribution in [-0.4, -0.2) is 49.4 Å². The monoisotopic (exact) mass is 486 g/mol. The number of fused-ring (bicyclic) bond motifs is 1. The van der Waals surface area contributed by atoms with Gasteiger partial charge >= 0.3 is 0 Å². The highest BCUT2D eigenvalue weighted by atomic mass is 32.1. The Bertz CT molecular complexity index is 1260. The number of aromatic amines is 1. The van der Waals surface area contributed by atoms with Gasteiger partial charge in [-0.3, -0.25) is 5.10 Å². The van der Waals surface area contributed by atoms with Gasteiger partial charge in [0.2, 0.25) is 0 Å². The lowest BCUT2D eigenvalue weighted by Crippen LogP contribution is -2.61. The molecule has 3 aromatic heterocycles. The van der Waals surface area contributed by atoms with Crippen LogP contribution in [0.4, 0.5) is 9.52 Å². The minimum atomic E-state index is -0.513. The van der Waals surface area contributed by atoms with Crippen LogP contribution in [0, 0.1) is 5.82 Å². The number of nitrogens with zero attached hydrogens (tertiary/aromatic N) is 4. The number of rotatable bonds is 4. The van der Waals surface area contributed by atoms with Gasteiger partial charge in [-0.2, -0.15) is 5.10 Å². The number of hydrogen-bond acceptors (Lipinski definition) is 8. The number of halogens is 1. The van der Waals surface area contributed by atoms with Gasteiger partial charge < -0.3 is 15.3 Å². The van der Waals surface area contributed by atoms with Gasteiger partial charge in [0.05, 0.1) is 11.8 Å². The van der Waals surface area contributed by atoms with E-state index in [9.17, 15) is 9.50 Å². The van der Waals surface area contributed by atoms with Crippen LogP contribution in [0.25, 0.3) is 31.4 Å². The van der Waals surface area contributed by atoms with Crippen LogP contribution in [0.1, 0.15) is 40.5 Å². The molecule has 0 amide bonds. The maximum atomic E-state index is 14.1. The van der Waals surface area contributed by atoms with E-state index >= 15 is 0 Å². The third-order valence-corrected chi connectivity index (χ3v) is 8.22. The summed E-state index contributed by atoms with van der Waals surface area (Å²) in [6.45, 7) is 8.98. The molecule has 0 atom stereocenters. The number of phenolic OH excluding ortho intramolecular Hbond substituents is 1. The van der Waals surface area contributed by atoms with E-state index in [4.69, 9.17) is 9.97 Å². The molecule has 0 saturated carbocycles. The molecule has 0 spiro atoms. The molecule has 3 N–H and O–H groups in total. The van der Waals surface area contributed by atoms with Gasteiger partial charge in [-0.25, -0.2) is 14.4 Å². The molecule has 4 aromatic rings. The highest BCUT2D eigenvalue weighted by Crippen LogP contribution is 2.44. The average molecular weight is 487 g/mol. The Morgan fingerprint density at radius 2 is 1.79 bits per heavy atom. The molecule has 1 aromatic carbocycles. The lowest BCUT2D eigenvalue weighted by atomic mass is 9.79. The normalized spacial score (nSPS) is 18.1. The van der Waals surface area contributed by atoms with Crippen LogP contribution < -0.4 is 10.2 Å². The summed E-state index contributed by atoms with van der Waals surface area (Å²) in [5.74, 6) is -0.662. The van der Waals surface area contributed by atoms with E-state index in [1.165, 1.54) is 17.4 Å². The molecule has 7 nitrogen and oxygen atoms in total. The van der Waals surface area contributed by atoms with Gasteiger partial charge in [0.25, 0.3) is 0 Å². The van der Waals surface area contributed by atoms with Crippen LogP contribution in [-0.2, 0) is 0 Å². The second-order valence-corrected chi connectivity index (χ2v) is 12.0. The van der Waals surface area contributed by atoms with Crippen molar-refractivity contribution in [3.8, 4) is 27.4 Å². The quantitative estimate of drug-likeness (QED) is 0.358. The number of hydrogen-bond donors (Lipinski definition) is 3. The first-order chi connectivity index (χ1) is 15.5. The average Bonchev–Trinajstić information content (AvgIpc) is 3.40. The maximum absolute atomic E-state index is 14.1. The molecule has 0 bridgehead atoms. The first kappa shape index (κ1) is 22.2. The summed E-state index contributed by atoms with van der Waals surface area (Å²) >= 11 is 2.95. The van der Waals surface area contributed by atoms with E-state index in [0.29, 0.717) is 27.7 Å². The number of anilines is 1. The van der Waals surface area contributed by atoms with Crippen molar-refractivity contribution in [2.24, 2.45) is 0 Å². The molecule has 10 heteroatoms. The molecule has 1 aliphatic rings. The molecule has 5 rings (SSSR count). The molecule has 0 aliphatic carbocycles. The summed E-state index contributed by atoms with van der Waals surface area (Å²) in [4.78, 5) is 13.5. The minimum absolute atomic E-state index is 0.0460. The standard InChI is InChI=1S/C23H27FN6OS2/c1-22(2)8-14(9-23(3,4)29-22)30(5)21-28-20-19(33-21)27-18(32-20)17-15(12-10-25-26-11-12)6-13(24)7-16(17)31/h6-7,10-11,14,29,31H,8-9H2,1-5H3,(H,25,26). The molecule has 1 aliphatic heterocycles. The van der Waals surface area contributed by atoms with E-state index in [0.717, 1.165) is 33.7 Å². The highest BCUT2D eigenvalue weighted by Gasteiger charge is 2.39. The lowest BCUT2D eigenvalue weighted by Gasteiger charge is -2.48. The summed E-state index contributed by atoms with van der Waals surface area (Å²) in [5, 5.41) is 22.5. The zero-order valence-electron chi connectivity index (χ0n) is 19.2. The number of H-pyrrole nitrogens is 1. The predicted octanol–water partition coefficient (Wildman–Crippen LogP) is 5.40. The first-order valence-corrected chi connectivity index (χ1v) is 12.5. The zero-order valence-corrected chi connectivity index (χ0v) is 20.9. The molecule has 174 valence electrons. The zero-order chi connectivity index (χ0) is 23.5. The number of thiazole rings is 2. The Kier molecular flexibility index (Phi) is 5.22. The predicted molar refractivity (Wildman–Crippen MR) is 133 cm³/mol. The Labute approximate surface area is 199 Å². The number of benzene rings is 1. The van der Waals surface area contributed by atoms with E-state index in [1.807, 2.05) is 0 Å². The van der Waals surface area contributed by atoms with Crippen LogP contribution in [0.5, 0.6) is 5.75 Å². The number of nitrogens with one attached hydrogen (secondary N) is 2. The molecule has 4 heterocycles. The molecule has 0 radical (unpaired) electrons. The van der Waals surface area contributed by atoms with Gasteiger partial charge in [0.1, 0.15) is 16.6 Å². The number of aromatic nitrogens is 4. The molecule has 0 unspecified atom stereocenters. The fraction of sp³-hybridized carbons (Fsp3) is 0.435. The van der Waals surface area contributed by atoms with Crippen molar-refractivity contribution >= 4 is 37.5 Å². The SMILES string of the molecule is CN(c1nc2sc(-c3c(O)cc(F)cc3-c3cn[nH]c3)nc2s1)C1CC(C)(C)NC(C)(C)C1. The van der Waals surface area contributed by atoms with E-state index < -0.39 is 5.82 Å². The van der Waals surface area contributed by atoms with Gasteiger partial charge in [0, 0.05) is 47.6 Å². The summed E-state index contributed by atoms with van der Waals surface area (Å²) in [7, 11) is 2.11. The smallest absolute Gasteiger partial charge is 0.188 e. The highest BCUT2D eigenvalue weighted by molar-refractivity contribution is 7.29. The summed E-state index contributed by atoms with van der Waals surface area (Å²) in [6, 6.07) is 2.87. The van der Waals surface area contributed by atoms with Crippen molar-refractivity contribution in [2.75, 3.05) is 11.9 Å². The van der Waals surface area contributed by atoms with Crippen LogP contribution in [0.3, 0.4) is 0 Å². The minimum Gasteiger partial charge on any atom is -0.507 e. The lowest BCUT2D eigenvalue weighted by molar-refractivity contribution is 0.161. The Morgan fingerprint density at radius 3 is 2.42 bits per heavy atom. The first-order valence-electron chi connectivity index (χ1n) is 10.8. The van der Waals surface area contributed by atoms with Crippen LogP contribution >= 0.6 is 22.7 Å². The molecule has 1 fully saturated rings. The summed E-state index contributed by atoms with van der Waals surface area (Å²) in [6.07, 6.45) is 5.31. The Morgan fingerprint density at radius 1 is 1.09 bits per heavy atom. The molecule has 1 saturated heterocycles. The molecule has 33 heavy (non-hydrogen) atoms. The van der Waals surface area contributed by atoms with Crippen molar-refractivity contribution in [3.05, 3.63) is 30.3 Å². The number of phenols is 1. The Balaban J connectivity index is 1.49. The van der Waals surface area contributed by atoms with Crippen LogP contribution in [0.2, 0.25) is 0 Å². The topological polar surface area (TPSA) is 90.0 Å². The van der Waals surface area contributed by atoms with Gasteiger partial charge in [0.15, 0.2) is 14.8 Å². The number of piperidine rings is 1. The summed E-state index contributed by atoms with van der Waals surface area (Å²) in [5.41, 5.74) is 1.81. The second-order valence-electron chi connectivity index (χ2n) is 10.0. The molecular formula is C23H27FN6OS2. The third-order valence-electron chi connectivity index (χ3n) is 6.09. The molecular weight excluding hydrogens is 459 g/mol. The fourth-order valence-corrected chi connectivity index (χ4v) is 7.17. The van der Waals surface area contributed by atoms with Crippen LogP contribution in [0.15, 0.2) is 24.5 Å². The number of aromatic hydroxyl groups is 1. The third kappa shape index (κ3) is 4.22. The van der Waals surface area contributed by atoms with E-state index in [1.54, 1.807) is 23.7 Å². The van der Waals surface area contributed by atoms with Crippen molar-refractivity contribution in [1.82, 2.24) is 25.5 Å². The maximum Gasteiger partial charge on any atom is 0.188 e. The van der Waals surface area contributed by atoms with E-state index in [-0.39, 0.29) is 16.8 Å².